The number of benzene rings is 8. The van der Waals surface area contributed by atoms with Crippen LogP contribution in [-0.2, 0) is 21.7 Å². The van der Waals surface area contributed by atoms with Gasteiger partial charge in [0.1, 0.15) is 0 Å². The third-order valence-corrected chi connectivity index (χ3v) is 15.1. The fourth-order valence-electron chi connectivity index (χ4n) is 10.8. The van der Waals surface area contributed by atoms with E-state index in [1.807, 2.05) is 66.7 Å². The van der Waals surface area contributed by atoms with Crippen molar-refractivity contribution >= 4 is 43.6 Å². The Morgan fingerprint density at radius 3 is 1.13 bits per heavy atom. The molecule has 0 saturated heterocycles. The molecule has 0 aliphatic rings. The molecule has 11 rings (SSSR count). The summed E-state index contributed by atoms with van der Waals surface area (Å²) in [6, 6.07) is 62.2. The molecule has 0 aliphatic heterocycles. The van der Waals surface area contributed by atoms with Gasteiger partial charge in [0.15, 0.2) is 17.5 Å². The SMILES string of the molecule is CC(C)(C)c1ccc2c(c1)c1cc(C(C)(C)C)ccc1n2-c1cccc(C#N)c1-c1nc(-c2ccccc2)nc(-c2c(-c3ccccc3C#N)cccc2-n2c3ccc(C(C)(C)C)cc3c3cc(C(C)(C)C)ccc32)n1. The van der Waals surface area contributed by atoms with E-state index in [-0.39, 0.29) is 21.7 Å². The van der Waals surface area contributed by atoms with Crippen molar-refractivity contribution in [2.75, 3.05) is 0 Å². The number of rotatable bonds is 6. The lowest BCUT2D eigenvalue weighted by Gasteiger charge is -2.21. The normalized spacial score (nSPS) is 12.4. The molecule has 0 N–H and O–H groups in total. The quantitative estimate of drug-likeness (QED) is 0.165. The first-order valence-corrected chi connectivity index (χ1v) is 26.3. The molecule has 0 fully saturated rings. The first-order valence-electron chi connectivity index (χ1n) is 26.3. The highest BCUT2D eigenvalue weighted by molar-refractivity contribution is 6.12. The maximum Gasteiger partial charge on any atom is 0.167 e. The first-order chi connectivity index (χ1) is 36.1. The summed E-state index contributed by atoms with van der Waals surface area (Å²) in [5.74, 6) is 1.21. The fourth-order valence-corrected chi connectivity index (χ4v) is 10.8. The summed E-state index contributed by atoms with van der Waals surface area (Å²) in [6.07, 6.45) is 0. The van der Waals surface area contributed by atoms with E-state index in [4.69, 9.17) is 15.0 Å². The van der Waals surface area contributed by atoms with Crippen LogP contribution in [0.15, 0.2) is 164 Å². The second-order valence-electron chi connectivity index (χ2n) is 24.4. The maximum absolute atomic E-state index is 11.2. The Bertz CT molecular complexity index is 4080. The summed E-state index contributed by atoms with van der Waals surface area (Å²) in [4.78, 5) is 16.5. The number of nitrogens with zero attached hydrogens (tertiary/aromatic N) is 7. The minimum absolute atomic E-state index is 0.0852. The van der Waals surface area contributed by atoms with Crippen LogP contribution < -0.4 is 0 Å². The molecule has 0 spiro atoms. The van der Waals surface area contributed by atoms with Gasteiger partial charge in [0, 0.05) is 32.7 Å². The van der Waals surface area contributed by atoms with Gasteiger partial charge >= 0.3 is 0 Å². The molecule has 76 heavy (non-hydrogen) atoms. The molecular weight excluding hydrogens is 927 g/mol. The van der Waals surface area contributed by atoms with E-state index in [2.05, 4.69) is 201 Å². The molecule has 374 valence electrons. The Balaban J connectivity index is 1.27. The Morgan fingerprint density at radius 1 is 0.342 bits per heavy atom. The molecule has 3 aromatic heterocycles. The standard InChI is InChI=1S/C69H63N7/c1-66(2,3)45-28-32-55-51(36-45)52-37-46(67(4,5)6)29-33-56(52)75(55)59-26-18-23-44(41-71)61(59)64-72-63(42-20-14-13-15-21-42)73-65(74-64)62-50(49-24-17-16-22-43(49)40-70)25-19-27-60(62)76-57-34-30-47(68(7,8)9)38-53(57)54-39-48(69(10,11)12)31-35-58(54)76/h13-39H,1-12H3. The van der Waals surface area contributed by atoms with Crippen molar-refractivity contribution < 1.29 is 0 Å². The predicted octanol–water partition coefficient (Wildman–Crippen LogP) is 17.7. The van der Waals surface area contributed by atoms with Crippen LogP contribution in [0.25, 0.3) is 100 Å². The van der Waals surface area contributed by atoms with E-state index >= 15 is 0 Å². The van der Waals surface area contributed by atoms with Gasteiger partial charge in [0.05, 0.1) is 67.8 Å². The van der Waals surface area contributed by atoms with Gasteiger partial charge in [-0.1, -0.05) is 174 Å². The molecule has 11 aromatic rings. The van der Waals surface area contributed by atoms with Crippen molar-refractivity contribution in [2.24, 2.45) is 0 Å². The first kappa shape index (κ1) is 49.6. The number of fused-ring (bicyclic) bond motifs is 6. The third kappa shape index (κ3) is 8.51. The van der Waals surface area contributed by atoms with Crippen LogP contribution in [0.4, 0.5) is 0 Å². The smallest absolute Gasteiger partial charge is 0.167 e. The maximum atomic E-state index is 11.2. The van der Waals surface area contributed by atoms with Crippen LogP contribution in [-0.4, -0.2) is 24.1 Å². The molecular formula is C69H63N7. The van der Waals surface area contributed by atoms with E-state index in [0.29, 0.717) is 34.2 Å². The van der Waals surface area contributed by atoms with Crippen molar-refractivity contribution in [2.45, 2.75) is 105 Å². The van der Waals surface area contributed by atoms with Gasteiger partial charge in [0.2, 0.25) is 0 Å². The second kappa shape index (κ2) is 18.0. The summed E-state index contributed by atoms with van der Waals surface area (Å²) >= 11 is 0. The topological polar surface area (TPSA) is 96.1 Å². The van der Waals surface area contributed by atoms with Crippen LogP contribution in [0.1, 0.15) is 116 Å². The Hall–Kier alpha value is -8.65. The van der Waals surface area contributed by atoms with Gasteiger partial charge in [0.25, 0.3) is 0 Å². The lowest BCUT2D eigenvalue weighted by atomic mass is 9.85. The van der Waals surface area contributed by atoms with E-state index in [1.165, 1.54) is 22.3 Å². The molecule has 7 nitrogen and oxygen atoms in total. The van der Waals surface area contributed by atoms with Crippen LogP contribution in [0.5, 0.6) is 0 Å². The molecule has 0 bridgehead atoms. The summed E-state index contributed by atoms with van der Waals surface area (Å²) in [6.45, 7) is 27.0. The summed E-state index contributed by atoms with van der Waals surface area (Å²) in [7, 11) is 0. The van der Waals surface area contributed by atoms with E-state index in [1.54, 1.807) is 0 Å². The van der Waals surface area contributed by atoms with Crippen molar-refractivity contribution in [3.63, 3.8) is 0 Å². The molecule has 0 saturated carbocycles. The summed E-state index contributed by atoms with van der Waals surface area (Å²) in [5, 5.41) is 26.6. The Morgan fingerprint density at radius 2 is 0.697 bits per heavy atom. The number of nitriles is 2. The van der Waals surface area contributed by atoms with Crippen molar-refractivity contribution in [3.8, 4) is 68.8 Å². The average molecular weight is 990 g/mol. The van der Waals surface area contributed by atoms with Gasteiger partial charge in [-0.25, -0.2) is 15.0 Å². The predicted molar refractivity (Wildman–Crippen MR) is 314 cm³/mol. The largest absolute Gasteiger partial charge is 0.308 e. The minimum Gasteiger partial charge on any atom is -0.308 e. The molecule has 0 unspecified atom stereocenters. The van der Waals surface area contributed by atoms with Gasteiger partial charge in [-0.2, -0.15) is 10.5 Å². The van der Waals surface area contributed by atoms with Gasteiger partial charge in [-0.3, -0.25) is 0 Å². The van der Waals surface area contributed by atoms with Gasteiger partial charge in [-0.15, -0.1) is 0 Å². The third-order valence-electron chi connectivity index (χ3n) is 15.1. The Kier molecular flexibility index (Phi) is 11.8. The van der Waals surface area contributed by atoms with E-state index in [9.17, 15) is 10.5 Å². The van der Waals surface area contributed by atoms with Crippen LogP contribution in [0.2, 0.25) is 0 Å². The number of aromatic nitrogens is 5. The second-order valence-corrected chi connectivity index (χ2v) is 24.4. The molecule has 7 heteroatoms. The molecule has 0 amide bonds. The molecule has 3 heterocycles. The highest BCUT2D eigenvalue weighted by Crippen LogP contribution is 2.45. The summed E-state index contributed by atoms with van der Waals surface area (Å²) < 4.78 is 4.62. The molecule has 0 radical (unpaired) electrons. The zero-order valence-corrected chi connectivity index (χ0v) is 45.7. The molecule has 0 atom stereocenters. The Labute approximate surface area is 446 Å². The zero-order valence-electron chi connectivity index (χ0n) is 45.7. The molecule has 8 aromatic carbocycles. The van der Waals surface area contributed by atoms with Crippen LogP contribution >= 0.6 is 0 Å². The van der Waals surface area contributed by atoms with Crippen LogP contribution in [0.3, 0.4) is 0 Å². The average Bonchev–Trinajstić information content (AvgIpc) is 3.95. The van der Waals surface area contributed by atoms with Crippen molar-refractivity contribution in [3.05, 3.63) is 197 Å². The highest BCUT2D eigenvalue weighted by atomic mass is 15.1. The van der Waals surface area contributed by atoms with E-state index < -0.39 is 0 Å². The van der Waals surface area contributed by atoms with Crippen LogP contribution in [0, 0.1) is 22.7 Å². The summed E-state index contributed by atoms with van der Waals surface area (Å²) in [5.41, 5.74) is 14.9. The number of hydrogen-bond donors (Lipinski definition) is 0. The number of hydrogen-bond acceptors (Lipinski definition) is 5. The van der Waals surface area contributed by atoms with E-state index in [0.717, 1.165) is 77.2 Å². The van der Waals surface area contributed by atoms with Gasteiger partial charge < -0.3 is 9.13 Å². The molecule has 0 aliphatic carbocycles. The van der Waals surface area contributed by atoms with Crippen molar-refractivity contribution in [1.29, 1.82) is 10.5 Å². The zero-order chi connectivity index (χ0) is 53.6. The monoisotopic (exact) mass is 990 g/mol. The lowest BCUT2D eigenvalue weighted by molar-refractivity contribution is 0.590. The van der Waals surface area contributed by atoms with Crippen molar-refractivity contribution in [1.82, 2.24) is 24.1 Å². The fraction of sp³-hybridized carbons (Fsp3) is 0.232. The highest BCUT2D eigenvalue weighted by Gasteiger charge is 2.29. The minimum atomic E-state index is -0.0893. The van der Waals surface area contributed by atoms with Gasteiger partial charge in [-0.05, 0) is 122 Å². The lowest BCUT2D eigenvalue weighted by Crippen LogP contribution is -2.10.